The number of aliphatic hydroxyl groups excluding tert-OH is 5. The number of cyclic esters (lactones) is 1. The first-order valence-corrected chi connectivity index (χ1v) is 27.3. The van der Waals surface area contributed by atoms with Crippen molar-refractivity contribution in [3.63, 3.8) is 0 Å². The summed E-state index contributed by atoms with van der Waals surface area (Å²) in [6.07, 6.45) is -1.30. The predicted molar refractivity (Wildman–Crippen MR) is 280 cm³/mol. The normalized spacial score (nSPS) is 27.5. The van der Waals surface area contributed by atoms with Gasteiger partial charge in [-0.3, -0.25) is 43.3 Å². The van der Waals surface area contributed by atoms with Crippen LogP contribution in [0.5, 0.6) is 0 Å². The van der Waals surface area contributed by atoms with Gasteiger partial charge in [0.1, 0.15) is 48.4 Å². The molecule has 3 aliphatic rings. The molecule has 3 rings (SSSR count). The maximum Gasteiger partial charge on any atom is 0.335 e. The van der Waals surface area contributed by atoms with Gasteiger partial charge in [0.15, 0.2) is 24.2 Å². The van der Waals surface area contributed by atoms with Crippen LogP contribution in [0.2, 0.25) is 0 Å². The number of carbonyl (C=O) groups is 11. The van der Waals surface area contributed by atoms with Crippen molar-refractivity contribution in [3.8, 4) is 0 Å². The van der Waals surface area contributed by atoms with E-state index in [1.165, 1.54) is 13.3 Å². The zero-order chi connectivity index (χ0) is 59.8. The van der Waals surface area contributed by atoms with Gasteiger partial charge in [-0.1, -0.05) is 71.1 Å². The number of hydrogen-bond acceptors (Lipinski definition) is 18. The number of guanidine groups is 1. The molecule has 1 unspecified atom stereocenters. The molecule has 13 atom stereocenters. The summed E-state index contributed by atoms with van der Waals surface area (Å²) < 4.78 is 5.61. The van der Waals surface area contributed by atoms with E-state index < -0.39 is 164 Å². The molecule has 0 aromatic rings. The number of nitrogens with zero attached hydrogens (tertiary/aromatic N) is 3. The van der Waals surface area contributed by atoms with Crippen LogP contribution in [0.4, 0.5) is 0 Å². The quantitative estimate of drug-likeness (QED) is 0.0209. The summed E-state index contributed by atoms with van der Waals surface area (Å²) >= 11 is 0. The molecular formula is C50H83N11O19. The number of carboxylic acid groups (broad SMARTS) is 2. The van der Waals surface area contributed by atoms with Crippen LogP contribution in [0.25, 0.3) is 0 Å². The Morgan fingerprint density at radius 1 is 0.650 bits per heavy atom. The number of unbranched alkanes of at least 4 members (excludes halogenated alkanes) is 10. The molecule has 0 bridgehead atoms. The molecule has 80 heavy (non-hydrogen) atoms. The van der Waals surface area contributed by atoms with Gasteiger partial charge in [-0.2, -0.15) is 0 Å². The van der Waals surface area contributed by atoms with E-state index in [0.717, 1.165) is 63.2 Å². The lowest BCUT2D eigenvalue weighted by atomic mass is 10.0. The Morgan fingerprint density at radius 2 is 1.21 bits per heavy atom. The van der Waals surface area contributed by atoms with E-state index in [4.69, 9.17) is 16.2 Å². The summed E-state index contributed by atoms with van der Waals surface area (Å²) in [4.78, 5) is 155. The minimum atomic E-state index is -2.77. The molecule has 452 valence electrons. The third kappa shape index (κ3) is 20.7. The van der Waals surface area contributed by atoms with Gasteiger partial charge in [0.25, 0.3) is 0 Å². The number of nitrogens with one attached hydrogen (secondary N) is 6. The molecule has 3 aliphatic heterocycles. The van der Waals surface area contributed by atoms with Crippen LogP contribution in [0.15, 0.2) is 4.99 Å². The van der Waals surface area contributed by atoms with Crippen molar-refractivity contribution in [1.82, 2.24) is 41.7 Å². The molecular weight excluding hydrogens is 1060 g/mol. The number of aliphatic imine (C=N–C) groups is 1. The van der Waals surface area contributed by atoms with Gasteiger partial charge < -0.3 is 93.7 Å². The lowest BCUT2D eigenvalue weighted by molar-refractivity contribution is -0.165. The second-order valence-electron chi connectivity index (χ2n) is 20.4. The van der Waals surface area contributed by atoms with Gasteiger partial charge in [0.05, 0.1) is 25.2 Å². The monoisotopic (exact) mass is 1140 g/mol. The smallest absolute Gasteiger partial charge is 0.335 e. The zero-order valence-electron chi connectivity index (χ0n) is 45.6. The number of fused-ring (bicyclic) bond motifs is 2. The molecule has 30 heteroatoms. The molecule has 0 radical (unpaired) electrons. The van der Waals surface area contributed by atoms with E-state index in [1.54, 1.807) is 0 Å². The van der Waals surface area contributed by atoms with E-state index in [0.29, 0.717) is 17.7 Å². The highest BCUT2D eigenvalue weighted by Crippen LogP contribution is 2.23. The average Bonchev–Trinajstić information content (AvgIpc) is 4.06. The van der Waals surface area contributed by atoms with Crippen molar-refractivity contribution >= 4 is 71.1 Å². The Bertz CT molecular complexity index is 2180. The average molecular weight is 1140 g/mol. The molecule has 3 saturated heterocycles. The second kappa shape index (κ2) is 33.7. The maximum absolute atomic E-state index is 14.1. The molecule has 30 nitrogen and oxygen atoms in total. The number of carbonyl (C=O) groups excluding carboxylic acids is 9. The number of nitrogens with two attached hydrogens (primary N) is 2. The molecule has 0 aliphatic carbocycles. The number of aliphatic carboxylic acids is 2. The highest BCUT2D eigenvalue weighted by molar-refractivity contribution is 6.00. The predicted octanol–water partition coefficient (Wildman–Crippen LogP) is -4.80. The molecule has 3 fully saturated rings. The summed E-state index contributed by atoms with van der Waals surface area (Å²) in [7, 11) is 0. The highest BCUT2D eigenvalue weighted by atomic mass is 16.5. The molecule has 0 aromatic heterocycles. The zero-order valence-corrected chi connectivity index (χ0v) is 45.6. The number of amides is 8. The standard InChI is InChI=1S/C50H83N11O19/c1-4-5-6-7-8-9-10-11-12-13-14-17-28-24-33(65)57-34(27(3)63)42(70)54-26(2)45(73)60-22-16-19-31(60)41(69)55-29(18-15-21-53-50(51)52)40(68)58-35(38(66)47(75)76)43(71)56-30(25-62)46(74)61-23-20-32(64)37(61)44(72)59-36(49(79)80-28)39(67)48(77)78/h26-32,34-39,62-64,66-67H,4-25H2,1-3H3,(H,54,70)(H,55,69)(H,56,71)(H,57,65)(H,58,68)(H,59,72)(H,75,76)(H,77,78)(H4,51,52,53)/t26-,27-,28?,29+,30-,31+,32-,34-,35-,36+,37+,38-,39+/m1/s1. The molecule has 17 N–H and O–H groups in total. The van der Waals surface area contributed by atoms with Crippen molar-refractivity contribution in [2.24, 2.45) is 16.5 Å². The summed E-state index contributed by atoms with van der Waals surface area (Å²) in [5.41, 5.74) is 10.9. The Labute approximate surface area is 462 Å². The fourth-order valence-corrected chi connectivity index (χ4v) is 9.60. The van der Waals surface area contributed by atoms with Gasteiger partial charge in [-0.25, -0.2) is 14.4 Å². The van der Waals surface area contributed by atoms with Gasteiger partial charge in [0, 0.05) is 19.6 Å². The largest absolute Gasteiger partial charge is 0.479 e. The Balaban J connectivity index is 2.10. The first kappa shape index (κ1) is 67.5. The third-order valence-corrected chi connectivity index (χ3v) is 14.0. The van der Waals surface area contributed by atoms with Crippen LogP contribution in [0.3, 0.4) is 0 Å². The molecule has 0 aromatic carbocycles. The minimum absolute atomic E-state index is 0.0305. The number of carboxylic acids is 2. The maximum atomic E-state index is 14.1. The van der Waals surface area contributed by atoms with Crippen molar-refractivity contribution in [2.75, 3.05) is 26.2 Å². The van der Waals surface area contributed by atoms with E-state index in [2.05, 4.69) is 27.9 Å². The number of ether oxygens (including phenoxy) is 1. The highest BCUT2D eigenvalue weighted by Gasteiger charge is 2.47. The van der Waals surface area contributed by atoms with Crippen LogP contribution >= 0.6 is 0 Å². The molecule has 0 saturated carbocycles. The lowest BCUT2D eigenvalue weighted by Crippen LogP contribution is -2.64. The van der Waals surface area contributed by atoms with Crippen molar-refractivity contribution in [2.45, 2.75) is 215 Å². The van der Waals surface area contributed by atoms with Gasteiger partial charge in [-0.05, 0) is 58.8 Å². The van der Waals surface area contributed by atoms with E-state index in [-0.39, 0.29) is 57.6 Å². The summed E-state index contributed by atoms with van der Waals surface area (Å²) in [5, 5.41) is 86.6. The van der Waals surface area contributed by atoms with E-state index in [9.17, 15) is 88.5 Å². The van der Waals surface area contributed by atoms with E-state index >= 15 is 0 Å². The summed E-state index contributed by atoms with van der Waals surface area (Å²) in [6.45, 7) is 2.62. The Hall–Kier alpha value is -6.76. The number of rotatable bonds is 22. The first-order valence-electron chi connectivity index (χ1n) is 27.3. The SMILES string of the molecule is CCCCCCCCCCCCCC1CC(=O)N[C@H]([C@@H](C)O)C(=O)N[C@H](C)C(=O)N2CCC[C@H]2C(=O)N[C@@H](CCCN=C(N)N)C(=O)N[C@H]([C@@H](O)C(=O)O)C(=O)N[C@H](CO)C(=O)N2CC[C@@H](O)[C@H]2C(=O)N[C@@H]([C@H](O)C(=O)O)C(=O)O1. The van der Waals surface area contributed by atoms with E-state index in [1.807, 2.05) is 16.0 Å². The first-order chi connectivity index (χ1) is 37.8. The Morgan fingerprint density at radius 3 is 1.79 bits per heavy atom. The third-order valence-electron chi connectivity index (χ3n) is 14.0. The fourth-order valence-electron chi connectivity index (χ4n) is 9.60. The number of esters is 1. The van der Waals surface area contributed by atoms with Gasteiger partial charge >= 0.3 is 17.9 Å². The molecule has 8 amide bonds. The minimum Gasteiger partial charge on any atom is -0.479 e. The van der Waals surface area contributed by atoms with Crippen molar-refractivity contribution in [1.29, 1.82) is 0 Å². The number of aliphatic hydroxyl groups is 5. The topological polar surface area (TPSA) is 482 Å². The van der Waals surface area contributed by atoms with Crippen molar-refractivity contribution in [3.05, 3.63) is 0 Å². The Kier molecular flexibility index (Phi) is 28.5. The van der Waals surface area contributed by atoms with Gasteiger partial charge in [0.2, 0.25) is 47.3 Å². The van der Waals surface area contributed by atoms with Crippen LogP contribution < -0.4 is 43.4 Å². The summed E-state index contributed by atoms with van der Waals surface area (Å²) in [6, 6.07) is -15.3. The summed E-state index contributed by atoms with van der Waals surface area (Å²) in [5.74, 6) is -15.5. The van der Waals surface area contributed by atoms with Crippen LogP contribution in [-0.2, 0) is 57.5 Å². The lowest BCUT2D eigenvalue weighted by Gasteiger charge is -2.32. The van der Waals surface area contributed by atoms with Crippen LogP contribution in [0.1, 0.15) is 136 Å². The second-order valence-corrected chi connectivity index (χ2v) is 20.4. The fraction of sp³-hybridized carbons (Fsp3) is 0.760. The van der Waals surface area contributed by atoms with Crippen LogP contribution in [0, 0.1) is 0 Å². The molecule has 3 heterocycles. The number of hydrogen-bond donors (Lipinski definition) is 15. The molecule has 0 spiro atoms. The van der Waals surface area contributed by atoms with Gasteiger partial charge in [-0.15, -0.1) is 0 Å². The van der Waals surface area contributed by atoms with Crippen molar-refractivity contribution < 1.29 is 93.2 Å². The van der Waals surface area contributed by atoms with Crippen LogP contribution in [-0.4, -0.2) is 222 Å².